The van der Waals surface area contributed by atoms with Crippen molar-refractivity contribution < 1.29 is 19.1 Å². The smallest absolute Gasteiger partial charge is 0.408 e. The molecule has 0 aliphatic carbocycles. The van der Waals surface area contributed by atoms with Gasteiger partial charge in [0.1, 0.15) is 11.3 Å². The molecule has 1 aliphatic rings. The second-order valence-electron chi connectivity index (χ2n) is 7.70. The summed E-state index contributed by atoms with van der Waals surface area (Å²) in [6.45, 7) is 6.68. The highest BCUT2D eigenvalue weighted by molar-refractivity contribution is 5.92. The van der Waals surface area contributed by atoms with E-state index in [-0.39, 0.29) is 35.5 Å². The van der Waals surface area contributed by atoms with Crippen molar-refractivity contribution in [2.24, 2.45) is 5.92 Å². The van der Waals surface area contributed by atoms with Crippen LogP contribution in [0.15, 0.2) is 16.9 Å². The molecular formula is C18H27N5O5. The second kappa shape index (κ2) is 9.34. The number of nitrogens with one attached hydrogen (secondary N) is 3. The van der Waals surface area contributed by atoms with Crippen LogP contribution in [0.5, 0.6) is 0 Å². The summed E-state index contributed by atoms with van der Waals surface area (Å²) in [6.07, 6.45) is 0.856. The zero-order chi connectivity index (χ0) is 20.7. The molecule has 0 aromatic carbocycles. The van der Waals surface area contributed by atoms with Crippen LogP contribution < -0.4 is 16.2 Å². The van der Waals surface area contributed by atoms with E-state index >= 15 is 0 Å². The number of alkyl carbamates (subject to hydrolysis) is 1. The number of aromatic amines is 1. The Bertz CT molecular complexity index is 742. The van der Waals surface area contributed by atoms with Crippen molar-refractivity contribution in [1.29, 1.82) is 0 Å². The minimum absolute atomic E-state index is 0.149. The van der Waals surface area contributed by atoms with E-state index < -0.39 is 11.7 Å². The van der Waals surface area contributed by atoms with Gasteiger partial charge in [-0.05, 0) is 45.6 Å². The standard InChI is InChI=1S/C18H27N5O5/c1-18(2,3)28-17(27)20-11-15(25)19-10-12-6-8-23(9-7-12)16(26)13-4-5-14(24)22-21-13/h4-5,12H,6-11H2,1-3H3,(H,19,25)(H,20,27)(H,22,24). The highest BCUT2D eigenvalue weighted by atomic mass is 16.6. The Hall–Kier alpha value is -2.91. The predicted molar refractivity (Wildman–Crippen MR) is 101 cm³/mol. The summed E-state index contributed by atoms with van der Waals surface area (Å²) >= 11 is 0. The Morgan fingerprint density at radius 3 is 2.46 bits per heavy atom. The Morgan fingerprint density at radius 2 is 1.89 bits per heavy atom. The molecule has 154 valence electrons. The topological polar surface area (TPSA) is 133 Å². The predicted octanol–water partition coefficient (Wildman–Crippen LogP) is 0.263. The number of piperidine rings is 1. The summed E-state index contributed by atoms with van der Waals surface area (Å²) in [6, 6.07) is 2.68. The van der Waals surface area contributed by atoms with Gasteiger partial charge in [0.05, 0.1) is 6.54 Å². The maximum Gasteiger partial charge on any atom is 0.408 e. The minimum Gasteiger partial charge on any atom is -0.444 e. The third-order valence-corrected chi connectivity index (χ3v) is 4.18. The molecule has 1 aromatic heterocycles. The average Bonchev–Trinajstić information content (AvgIpc) is 2.64. The quantitative estimate of drug-likeness (QED) is 0.657. The van der Waals surface area contributed by atoms with Gasteiger partial charge in [-0.25, -0.2) is 9.89 Å². The first kappa shape index (κ1) is 21.4. The summed E-state index contributed by atoms with van der Waals surface area (Å²) in [5, 5.41) is 11.2. The van der Waals surface area contributed by atoms with Gasteiger partial charge in [-0.2, -0.15) is 5.10 Å². The molecular weight excluding hydrogens is 366 g/mol. The Balaban J connectivity index is 1.67. The summed E-state index contributed by atoms with van der Waals surface area (Å²) in [5.74, 6) is -0.264. The van der Waals surface area contributed by atoms with Crippen molar-refractivity contribution in [2.45, 2.75) is 39.2 Å². The van der Waals surface area contributed by atoms with E-state index in [4.69, 9.17) is 4.74 Å². The molecule has 2 rings (SSSR count). The van der Waals surface area contributed by atoms with Gasteiger partial charge in [-0.15, -0.1) is 0 Å². The summed E-state index contributed by atoms with van der Waals surface area (Å²) in [4.78, 5) is 48.4. The first-order valence-corrected chi connectivity index (χ1v) is 9.22. The monoisotopic (exact) mass is 393 g/mol. The fourth-order valence-corrected chi connectivity index (χ4v) is 2.75. The third kappa shape index (κ3) is 7.01. The molecule has 0 spiro atoms. The Morgan fingerprint density at radius 1 is 1.21 bits per heavy atom. The fraction of sp³-hybridized carbons (Fsp3) is 0.611. The number of hydrogen-bond acceptors (Lipinski definition) is 6. The number of H-pyrrole nitrogens is 1. The van der Waals surface area contributed by atoms with Gasteiger partial charge in [-0.1, -0.05) is 0 Å². The van der Waals surface area contributed by atoms with Crippen molar-refractivity contribution >= 4 is 17.9 Å². The highest BCUT2D eigenvalue weighted by Crippen LogP contribution is 2.17. The normalized spacial score (nSPS) is 15.0. The number of ether oxygens (including phenoxy) is 1. The van der Waals surface area contributed by atoms with Gasteiger partial charge in [-0.3, -0.25) is 14.4 Å². The largest absolute Gasteiger partial charge is 0.444 e. The third-order valence-electron chi connectivity index (χ3n) is 4.18. The Kier molecular flexibility index (Phi) is 7.13. The molecule has 10 nitrogen and oxygen atoms in total. The summed E-state index contributed by atoms with van der Waals surface area (Å²) in [7, 11) is 0. The molecule has 28 heavy (non-hydrogen) atoms. The van der Waals surface area contributed by atoms with Gasteiger partial charge >= 0.3 is 6.09 Å². The van der Waals surface area contributed by atoms with Crippen molar-refractivity contribution in [3.05, 3.63) is 28.2 Å². The van der Waals surface area contributed by atoms with Gasteiger partial charge in [0.15, 0.2) is 0 Å². The van der Waals surface area contributed by atoms with Crippen LogP contribution in [0.2, 0.25) is 0 Å². The highest BCUT2D eigenvalue weighted by Gasteiger charge is 2.25. The minimum atomic E-state index is -0.634. The number of aromatic nitrogens is 2. The second-order valence-corrected chi connectivity index (χ2v) is 7.70. The van der Waals surface area contributed by atoms with E-state index in [9.17, 15) is 19.2 Å². The summed E-state index contributed by atoms with van der Waals surface area (Å²) in [5.41, 5.74) is -0.761. The maximum absolute atomic E-state index is 12.4. The van der Waals surface area contributed by atoms with Gasteiger partial charge in [0.2, 0.25) is 5.91 Å². The molecule has 0 bridgehead atoms. The molecule has 2 heterocycles. The average molecular weight is 393 g/mol. The number of hydrogen-bond donors (Lipinski definition) is 3. The van der Waals surface area contributed by atoms with Crippen LogP contribution in [0.25, 0.3) is 0 Å². The van der Waals surface area contributed by atoms with Crippen LogP contribution in [-0.2, 0) is 9.53 Å². The van der Waals surface area contributed by atoms with Crippen molar-refractivity contribution in [1.82, 2.24) is 25.7 Å². The van der Waals surface area contributed by atoms with Crippen molar-refractivity contribution in [3.8, 4) is 0 Å². The molecule has 1 saturated heterocycles. The molecule has 0 saturated carbocycles. The SMILES string of the molecule is CC(C)(C)OC(=O)NCC(=O)NCC1CCN(C(=O)c2ccc(=O)[nH]n2)CC1. The lowest BCUT2D eigenvalue weighted by atomic mass is 9.96. The molecule has 0 radical (unpaired) electrons. The number of carbonyl (C=O) groups is 3. The van der Waals surface area contributed by atoms with Crippen LogP contribution in [0.4, 0.5) is 4.79 Å². The lowest BCUT2D eigenvalue weighted by molar-refractivity contribution is -0.120. The maximum atomic E-state index is 12.4. The van der Waals surface area contributed by atoms with Crippen molar-refractivity contribution in [3.63, 3.8) is 0 Å². The molecule has 1 aromatic rings. The van der Waals surface area contributed by atoms with Crippen LogP contribution in [0, 0.1) is 5.92 Å². The first-order valence-electron chi connectivity index (χ1n) is 9.22. The van der Waals surface area contributed by atoms with Gasteiger partial charge < -0.3 is 20.3 Å². The lowest BCUT2D eigenvalue weighted by Gasteiger charge is -2.31. The molecule has 3 N–H and O–H groups in total. The molecule has 1 aliphatic heterocycles. The number of carbonyl (C=O) groups excluding carboxylic acids is 3. The van der Waals surface area contributed by atoms with Crippen LogP contribution in [0.3, 0.4) is 0 Å². The van der Waals surface area contributed by atoms with E-state index in [1.165, 1.54) is 12.1 Å². The van der Waals surface area contributed by atoms with E-state index in [0.29, 0.717) is 19.6 Å². The zero-order valence-corrected chi connectivity index (χ0v) is 16.4. The van der Waals surface area contributed by atoms with E-state index in [0.717, 1.165) is 12.8 Å². The molecule has 10 heteroatoms. The van der Waals surface area contributed by atoms with E-state index in [1.54, 1.807) is 25.7 Å². The van der Waals surface area contributed by atoms with E-state index in [2.05, 4.69) is 20.8 Å². The molecule has 3 amide bonds. The number of rotatable bonds is 5. The number of nitrogens with zero attached hydrogens (tertiary/aromatic N) is 2. The molecule has 0 unspecified atom stereocenters. The van der Waals surface area contributed by atoms with Crippen LogP contribution in [0.1, 0.15) is 44.1 Å². The van der Waals surface area contributed by atoms with Crippen molar-refractivity contribution in [2.75, 3.05) is 26.2 Å². The first-order chi connectivity index (χ1) is 13.1. The zero-order valence-electron chi connectivity index (χ0n) is 16.4. The van der Waals surface area contributed by atoms with Crippen LogP contribution >= 0.6 is 0 Å². The van der Waals surface area contributed by atoms with Gasteiger partial charge in [0, 0.05) is 25.7 Å². The number of likely N-dealkylation sites (tertiary alicyclic amines) is 1. The molecule has 0 atom stereocenters. The van der Waals surface area contributed by atoms with Crippen LogP contribution in [-0.4, -0.2) is 64.8 Å². The number of amides is 3. The summed E-state index contributed by atoms with van der Waals surface area (Å²) < 4.78 is 5.07. The fourth-order valence-electron chi connectivity index (χ4n) is 2.75. The molecule has 1 fully saturated rings. The van der Waals surface area contributed by atoms with E-state index in [1.807, 2.05) is 0 Å². The lowest BCUT2D eigenvalue weighted by Crippen LogP contribution is -2.44. The van der Waals surface area contributed by atoms with Gasteiger partial charge in [0.25, 0.3) is 11.5 Å². The Labute approximate surface area is 163 Å².